The molecule has 0 aliphatic carbocycles. The first-order chi connectivity index (χ1) is 7.27. The Morgan fingerprint density at radius 3 is 2.67 bits per heavy atom. The SMILES string of the molecule is O=C1COc2[nH]c(=O)c3ccccc3c21. The maximum absolute atomic E-state index is 11.6. The number of hydrogen-bond donors (Lipinski definition) is 1. The Morgan fingerprint density at radius 1 is 1.13 bits per heavy atom. The average molecular weight is 201 g/mol. The lowest BCUT2D eigenvalue weighted by atomic mass is 10.1. The van der Waals surface area contributed by atoms with Gasteiger partial charge in [-0.15, -0.1) is 0 Å². The van der Waals surface area contributed by atoms with E-state index in [1.54, 1.807) is 24.3 Å². The van der Waals surface area contributed by atoms with E-state index < -0.39 is 0 Å². The highest BCUT2D eigenvalue weighted by Gasteiger charge is 2.25. The smallest absolute Gasteiger partial charge is 0.258 e. The lowest BCUT2D eigenvalue weighted by Crippen LogP contribution is -2.07. The van der Waals surface area contributed by atoms with E-state index in [9.17, 15) is 9.59 Å². The van der Waals surface area contributed by atoms with Crippen molar-refractivity contribution >= 4 is 16.6 Å². The van der Waals surface area contributed by atoms with Gasteiger partial charge in [-0.05, 0) is 6.07 Å². The summed E-state index contributed by atoms with van der Waals surface area (Å²) in [4.78, 5) is 25.7. The third-order valence-corrected chi connectivity index (χ3v) is 2.52. The molecule has 0 atom stereocenters. The minimum Gasteiger partial charge on any atom is -0.470 e. The van der Waals surface area contributed by atoms with E-state index in [0.717, 1.165) is 0 Å². The van der Waals surface area contributed by atoms with Crippen LogP contribution in [0.15, 0.2) is 29.1 Å². The Balaban J connectivity index is 2.56. The van der Waals surface area contributed by atoms with Crippen molar-refractivity contribution < 1.29 is 9.53 Å². The first-order valence-corrected chi connectivity index (χ1v) is 4.58. The van der Waals surface area contributed by atoms with Crippen molar-refractivity contribution in [3.05, 3.63) is 40.2 Å². The molecule has 0 saturated heterocycles. The number of carbonyl (C=O) groups excluding carboxylic acids is 1. The molecule has 74 valence electrons. The summed E-state index contributed by atoms with van der Waals surface area (Å²) in [6.45, 7) is 0.0132. The number of Topliss-reactive ketones (excluding diaryl/α,β-unsaturated/α-hetero) is 1. The molecule has 0 bridgehead atoms. The van der Waals surface area contributed by atoms with Crippen LogP contribution in [0.3, 0.4) is 0 Å². The van der Waals surface area contributed by atoms with Gasteiger partial charge in [0.2, 0.25) is 11.7 Å². The van der Waals surface area contributed by atoms with E-state index in [1.165, 1.54) is 0 Å². The molecule has 0 saturated carbocycles. The molecule has 2 aromatic rings. The number of fused-ring (bicyclic) bond motifs is 3. The highest BCUT2D eigenvalue weighted by Crippen LogP contribution is 2.27. The molecule has 0 amide bonds. The second-order valence-electron chi connectivity index (χ2n) is 3.42. The maximum Gasteiger partial charge on any atom is 0.258 e. The maximum atomic E-state index is 11.6. The molecule has 0 unspecified atom stereocenters. The normalized spacial score (nSPS) is 14.0. The van der Waals surface area contributed by atoms with Gasteiger partial charge in [0.1, 0.15) is 0 Å². The second kappa shape index (κ2) is 2.70. The van der Waals surface area contributed by atoms with E-state index in [4.69, 9.17) is 4.74 Å². The van der Waals surface area contributed by atoms with E-state index in [1.807, 2.05) is 0 Å². The Hall–Kier alpha value is -2.10. The number of ketones is 1. The molecule has 1 aliphatic rings. The lowest BCUT2D eigenvalue weighted by molar-refractivity contribution is 0.0961. The Kier molecular flexibility index (Phi) is 1.48. The topological polar surface area (TPSA) is 59.2 Å². The van der Waals surface area contributed by atoms with Gasteiger partial charge in [0.15, 0.2) is 6.61 Å². The molecule has 1 aromatic heterocycles. The number of aromatic nitrogens is 1. The van der Waals surface area contributed by atoms with Crippen molar-refractivity contribution in [3.63, 3.8) is 0 Å². The van der Waals surface area contributed by atoms with E-state index in [-0.39, 0.29) is 17.9 Å². The molecule has 1 aliphatic heterocycles. The number of aromatic amines is 1. The van der Waals surface area contributed by atoms with Gasteiger partial charge >= 0.3 is 0 Å². The molecule has 0 spiro atoms. The summed E-state index contributed by atoms with van der Waals surface area (Å²) in [5, 5.41) is 1.19. The fraction of sp³-hybridized carbons (Fsp3) is 0.0909. The Labute approximate surface area is 84.5 Å². The van der Waals surface area contributed by atoms with E-state index in [2.05, 4.69) is 4.98 Å². The van der Waals surface area contributed by atoms with Crippen LogP contribution in [0.2, 0.25) is 0 Å². The number of benzene rings is 1. The highest BCUT2D eigenvalue weighted by molar-refractivity contribution is 6.12. The molecule has 4 heteroatoms. The minimum atomic E-state index is -0.223. The third-order valence-electron chi connectivity index (χ3n) is 2.52. The number of nitrogens with one attached hydrogen (secondary N) is 1. The first-order valence-electron chi connectivity index (χ1n) is 4.58. The van der Waals surface area contributed by atoms with Crippen molar-refractivity contribution in [3.8, 4) is 5.88 Å². The fourth-order valence-corrected chi connectivity index (χ4v) is 1.85. The summed E-state index contributed by atoms with van der Waals surface area (Å²) < 4.78 is 5.09. The van der Waals surface area contributed by atoms with Gasteiger partial charge in [-0.3, -0.25) is 14.6 Å². The summed E-state index contributed by atoms with van der Waals surface area (Å²) in [6.07, 6.45) is 0. The van der Waals surface area contributed by atoms with Crippen LogP contribution in [-0.2, 0) is 0 Å². The fourth-order valence-electron chi connectivity index (χ4n) is 1.85. The summed E-state index contributed by atoms with van der Waals surface area (Å²) in [5.41, 5.74) is 0.268. The summed E-state index contributed by atoms with van der Waals surface area (Å²) in [7, 11) is 0. The quantitative estimate of drug-likeness (QED) is 0.694. The van der Waals surface area contributed by atoms with Gasteiger partial charge < -0.3 is 4.74 Å². The summed E-state index contributed by atoms with van der Waals surface area (Å²) >= 11 is 0. The van der Waals surface area contributed by atoms with Gasteiger partial charge in [0.05, 0.1) is 5.56 Å². The first kappa shape index (κ1) is 8.23. The van der Waals surface area contributed by atoms with Crippen molar-refractivity contribution in [1.29, 1.82) is 0 Å². The lowest BCUT2D eigenvalue weighted by Gasteiger charge is -2.01. The number of rotatable bonds is 0. The molecule has 1 aromatic carbocycles. The molecule has 0 fully saturated rings. The molecule has 15 heavy (non-hydrogen) atoms. The predicted molar refractivity (Wildman–Crippen MR) is 54.4 cm³/mol. The summed E-state index contributed by atoms with van der Waals surface area (Å²) in [5.74, 6) is 0.209. The summed E-state index contributed by atoms with van der Waals surface area (Å²) in [6, 6.07) is 7.02. The Bertz CT molecular complexity index is 627. The monoisotopic (exact) mass is 201 g/mol. The number of hydrogen-bond acceptors (Lipinski definition) is 3. The number of ether oxygens (including phenoxy) is 1. The largest absolute Gasteiger partial charge is 0.470 e. The van der Waals surface area contributed by atoms with E-state index >= 15 is 0 Å². The van der Waals surface area contributed by atoms with Crippen LogP contribution in [0.1, 0.15) is 10.4 Å². The molecule has 2 heterocycles. The number of pyridine rings is 1. The van der Waals surface area contributed by atoms with Gasteiger partial charge in [-0.25, -0.2) is 0 Å². The minimum absolute atomic E-state index is 0.0132. The third kappa shape index (κ3) is 1.01. The van der Waals surface area contributed by atoms with E-state index in [0.29, 0.717) is 22.2 Å². The zero-order chi connectivity index (χ0) is 10.4. The molecular weight excluding hydrogens is 194 g/mol. The molecule has 0 radical (unpaired) electrons. The molecular formula is C11H7NO3. The Morgan fingerprint density at radius 2 is 1.87 bits per heavy atom. The zero-order valence-corrected chi connectivity index (χ0v) is 7.74. The van der Waals surface area contributed by atoms with Gasteiger partial charge in [0.25, 0.3) is 5.56 Å². The van der Waals surface area contributed by atoms with Crippen molar-refractivity contribution in [2.75, 3.05) is 6.61 Å². The van der Waals surface area contributed by atoms with Crippen LogP contribution >= 0.6 is 0 Å². The number of H-pyrrole nitrogens is 1. The predicted octanol–water partition coefficient (Wildman–Crippen LogP) is 1.10. The molecule has 1 N–H and O–H groups in total. The standard InChI is InChI=1S/C11H7NO3/c13-8-5-15-11-9(8)6-3-1-2-4-7(6)10(14)12-11/h1-4H,5H2,(H,12,14). The van der Waals surface area contributed by atoms with Gasteiger partial charge in [0, 0.05) is 10.8 Å². The number of carbonyl (C=O) groups is 1. The van der Waals surface area contributed by atoms with Crippen LogP contribution in [0.4, 0.5) is 0 Å². The molecule has 4 nitrogen and oxygen atoms in total. The van der Waals surface area contributed by atoms with Crippen LogP contribution in [0.5, 0.6) is 5.88 Å². The average Bonchev–Trinajstić information content (AvgIpc) is 2.61. The van der Waals surface area contributed by atoms with Gasteiger partial charge in [-0.1, -0.05) is 18.2 Å². The van der Waals surface area contributed by atoms with Crippen LogP contribution in [0.25, 0.3) is 10.8 Å². The second-order valence-corrected chi connectivity index (χ2v) is 3.42. The van der Waals surface area contributed by atoms with Crippen molar-refractivity contribution in [1.82, 2.24) is 4.98 Å². The highest BCUT2D eigenvalue weighted by atomic mass is 16.5. The van der Waals surface area contributed by atoms with Crippen LogP contribution < -0.4 is 10.3 Å². The van der Waals surface area contributed by atoms with Crippen LogP contribution in [-0.4, -0.2) is 17.4 Å². The molecule has 3 rings (SSSR count). The van der Waals surface area contributed by atoms with Crippen molar-refractivity contribution in [2.45, 2.75) is 0 Å². The van der Waals surface area contributed by atoms with Crippen molar-refractivity contribution in [2.24, 2.45) is 0 Å². The van der Waals surface area contributed by atoms with Crippen LogP contribution in [0, 0.1) is 0 Å². The van der Waals surface area contributed by atoms with Gasteiger partial charge in [-0.2, -0.15) is 0 Å². The zero-order valence-electron chi connectivity index (χ0n) is 7.74.